The van der Waals surface area contributed by atoms with Gasteiger partial charge in [0.05, 0.1) is 0 Å². The lowest BCUT2D eigenvalue weighted by atomic mass is 10.0. The van der Waals surface area contributed by atoms with Gasteiger partial charge >= 0.3 is 0 Å². The van der Waals surface area contributed by atoms with Crippen molar-refractivity contribution >= 4 is 14.6 Å². The van der Waals surface area contributed by atoms with E-state index < -0.39 is 8.32 Å². The first kappa shape index (κ1) is 15.8. The van der Waals surface area contributed by atoms with Crippen LogP contribution in [0.2, 0.25) is 18.1 Å². The summed E-state index contributed by atoms with van der Waals surface area (Å²) in [4.78, 5) is 10.8. The van der Waals surface area contributed by atoms with Gasteiger partial charge in [-0.1, -0.05) is 34.1 Å². The average Bonchev–Trinajstić information content (AvgIpc) is 2.14. The van der Waals surface area contributed by atoms with E-state index in [2.05, 4.69) is 40.8 Å². The lowest BCUT2D eigenvalue weighted by Crippen LogP contribution is -2.41. The van der Waals surface area contributed by atoms with Crippen LogP contribution in [0.15, 0.2) is 0 Å². The molecule has 0 spiro atoms. The Morgan fingerprint density at radius 1 is 1.25 bits per heavy atom. The highest BCUT2D eigenvalue weighted by molar-refractivity contribution is 6.74. The fourth-order valence-corrected chi connectivity index (χ4v) is 2.39. The first-order valence-corrected chi connectivity index (χ1v) is 9.24. The molecule has 0 amide bonds. The number of aldehydes is 1. The average molecular weight is 244 g/mol. The fraction of sp³-hybridized carbons (Fsp3) is 0.923. The lowest BCUT2D eigenvalue weighted by molar-refractivity contribution is -0.111. The van der Waals surface area contributed by atoms with E-state index in [9.17, 15) is 4.79 Å². The monoisotopic (exact) mass is 244 g/mol. The molecule has 0 aromatic rings. The van der Waals surface area contributed by atoms with Crippen molar-refractivity contribution in [2.24, 2.45) is 5.92 Å². The largest absolute Gasteiger partial charge is 0.417 e. The molecule has 0 rings (SSSR count). The molecule has 16 heavy (non-hydrogen) atoms. The Kier molecular flexibility index (Phi) is 6.49. The van der Waals surface area contributed by atoms with Gasteiger partial charge < -0.3 is 9.22 Å². The maximum absolute atomic E-state index is 10.8. The van der Waals surface area contributed by atoms with Crippen molar-refractivity contribution in [3.05, 3.63) is 0 Å². The Balaban J connectivity index is 4.01. The van der Waals surface area contributed by atoms with Gasteiger partial charge in [0.25, 0.3) is 0 Å². The van der Waals surface area contributed by atoms with Crippen LogP contribution in [-0.2, 0) is 9.22 Å². The SMILES string of the molecule is CCCC(C=O)CCO[Si](C)(C)C(C)(C)C. The summed E-state index contributed by atoms with van der Waals surface area (Å²) >= 11 is 0. The van der Waals surface area contributed by atoms with Gasteiger partial charge in [0.1, 0.15) is 6.29 Å². The quantitative estimate of drug-likeness (QED) is 0.499. The van der Waals surface area contributed by atoms with Gasteiger partial charge in [-0.3, -0.25) is 0 Å². The zero-order chi connectivity index (χ0) is 12.8. The molecule has 0 aliphatic rings. The van der Waals surface area contributed by atoms with Crippen molar-refractivity contribution in [3.8, 4) is 0 Å². The van der Waals surface area contributed by atoms with Gasteiger partial charge in [-0.2, -0.15) is 0 Å². The van der Waals surface area contributed by atoms with Crippen LogP contribution in [0.1, 0.15) is 47.0 Å². The van der Waals surface area contributed by atoms with Crippen LogP contribution < -0.4 is 0 Å². The van der Waals surface area contributed by atoms with E-state index in [-0.39, 0.29) is 11.0 Å². The van der Waals surface area contributed by atoms with Crippen molar-refractivity contribution in [1.82, 2.24) is 0 Å². The van der Waals surface area contributed by atoms with Crippen LogP contribution in [0, 0.1) is 5.92 Å². The van der Waals surface area contributed by atoms with Gasteiger partial charge in [-0.05, 0) is 31.0 Å². The van der Waals surface area contributed by atoms with Crippen molar-refractivity contribution in [2.45, 2.75) is 65.1 Å². The molecule has 0 fully saturated rings. The minimum atomic E-state index is -1.62. The Morgan fingerprint density at radius 2 is 1.81 bits per heavy atom. The minimum Gasteiger partial charge on any atom is -0.417 e. The number of carbonyl (C=O) groups is 1. The van der Waals surface area contributed by atoms with E-state index in [0.717, 1.165) is 32.2 Å². The van der Waals surface area contributed by atoms with E-state index in [1.165, 1.54) is 0 Å². The van der Waals surface area contributed by atoms with E-state index in [0.29, 0.717) is 0 Å². The topological polar surface area (TPSA) is 26.3 Å². The van der Waals surface area contributed by atoms with Crippen LogP contribution in [0.25, 0.3) is 0 Å². The standard InChI is InChI=1S/C13H28O2Si/c1-7-8-12(11-14)9-10-15-16(5,6)13(2,3)4/h11-12H,7-10H2,1-6H3. The fourth-order valence-electron chi connectivity index (χ4n) is 1.33. The molecule has 96 valence electrons. The summed E-state index contributed by atoms with van der Waals surface area (Å²) in [5, 5.41) is 0.258. The first-order valence-electron chi connectivity index (χ1n) is 6.34. The Bertz CT molecular complexity index is 206. The second-order valence-corrected chi connectivity index (χ2v) is 10.9. The summed E-state index contributed by atoms with van der Waals surface area (Å²) in [6.45, 7) is 14.1. The van der Waals surface area contributed by atoms with Crippen LogP contribution in [-0.4, -0.2) is 21.2 Å². The summed E-state index contributed by atoms with van der Waals surface area (Å²) in [5.74, 6) is 0.190. The highest BCUT2D eigenvalue weighted by Crippen LogP contribution is 2.36. The maximum atomic E-state index is 10.8. The van der Waals surface area contributed by atoms with Crippen molar-refractivity contribution in [2.75, 3.05) is 6.61 Å². The molecule has 0 saturated heterocycles. The predicted octanol–water partition coefficient (Wildman–Crippen LogP) is 4.01. The molecule has 0 N–H and O–H groups in total. The molecule has 2 nitrogen and oxygen atoms in total. The van der Waals surface area contributed by atoms with Gasteiger partial charge in [-0.15, -0.1) is 0 Å². The molecule has 0 aromatic heterocycles. The molecule has 0 radical (unpaired) electrons. The Morgan fingerprint density at radius 3 is 2.19 bits per heavy atom. The number of hydrogen-bond donors (Lipinski definition) is 0. The second kappa shape index (κ2) is 6.55. The van der Waals surface area contributed by atoms with Gasteiger partial charge in [-0.25, -0.2) is 0 Å². The highest BCUT2D eigenvalue weighted by Gasteiger charge is 2.36. The summed E-state index contributed by atoms with van der Waals surface area (Å²) in [6, 6.07) is 0. The lowest BCUT2D eigenvalue weighted by Gasteiger charge is -2.36. The molecule has 0 aromatic carbocycles. The summed E-state index contributed by atoms with van der Waals surface area (Å²) < 4.78 is 6.05. The Hall–Kier alpha value is -0.153. The summed E-state index contributed by atoms with van der Waals surface area (Å²) in [5.41, 5.74) is 0. The second-order valence-electron chi connectivity index (χ2n) is 6.08. The van der Waals surface area contributed by atoms with E-state index in [4.69, 9.17) is 4.43 Å². The smallest absolute Gasteiger partial charge is 0.191 e. The Labute approximate surface area is 102 Å². The number of rotatable bonds is 7. The van der Waals surface area contributed by atoms with E-state index >= 15 is 0 Å². The first-order chi connectivity index (χ1) is 7.24. The van der Waals surface area contributed by atoms with Crippen molar-refractivity contribution < 1.29 is 9.22 Å². The highest BCUT2D eigenvalue weighted by atomic mass is 28.4. The van der Waals surface area contributed by atoms with Crippen LogP contribution in [0.5, 0.6) is 0 Å². The predicted molar refractivity (Wildman–Crippen MR) is 72.2 cm³/mol. The summed E-state index contributed by atoms with van der Waals surface area (Å²) in [6.07, 6.45) is 4.02. The molecule has 1 unspecified atom stereocenters. The van der Waals surface area contributed by atoms with Crippen LogP contribution in [0.3, 0.4) is 0 Å². The third-order valence-electron chi connectivity index (χ3n) is 3.61. The molecule has 0 saturated carbocycles. The third-order valence-corrected chi connectivity index (χ3v) is 8.15. The number of hydrogen-bond acceptors (Lipinski definition) is 2. The minimum absolute atomic E-state index is 0.190. The van der Waals surface area contributed by atoms with Crippen LogP contribution >= 0.6 is 0 Å². The zero-order valence-electron chi connectivity index (χ0n) is 11.8. The molecule has 0 aliphatic carbocycles. The third kappa shape index (κ3) is 5.26. The van der Waals surface area contributed by atoms with E-state index in [1.54, 1.807) is 0 Å². The van der Waals surface area contributed by atoms with Crippen LogP contribution in [0.4, 0.5) is 0 Å². The zero-order valence-corrected chi connectivity index (χ0v) is 12.8. The molecule has 0 aliphatic heterocycles. The van der Waals surface area contributed by atoms with Gasteiger partial charge in [0, 0.05) is 12.5 Å². The molecular formula is C13H28O2Si. The van der Waals surface area contributed by atoms with Gasteiger partial charge in [0.15, 0.2) is 8.32 Å². The van der Waals surface area contributed by atoms with Crippen molar-refractivity contribution in [3.63, 3.8) is 0 Å². The van der Waals surface area contributed by atoms with E-state index in [1.807, 2.05) is 0 Å². The molecule has 3 heteroatoms. The van der Waals surface area contributed by atoms with Gasteiger partial charge in [0.2, 0.25) is 0 Å². The number of carbonyl (C=O) groups excluding carboxylic acids is 1. The summed E-state index contributed by atoms with van der Waals surface area (Å²) in [7, 11) is -1.62. The maximum Gasteiger partial charge on any atom is 0.191 e. The molecule has 0 heterocycles. The normalized spacial score (nSPS) is 14.9. The van der Waals surface area contributed by atoms with Crippen molar-refractivity contribution in [1.29, 1.82) is 0 Å². The molecule has 0 bridgehead atoms. The molecule has 1 atom stereocenters. The molecular weight excluding hydrogens is 216 g/mol.